The van der Waals surface area contributed by atoms with Crippen molar-refractivity contribution in [2.24, 2.45) is 5.92 Å². The fourth-order valence-corrected chi connectivity index (χ4v) is 3.86. The monoisotopic (exact) mass is 388 g/mol. The average molecular weight is 388 g/mol. The minimum Gasteiger partial charge on any atom is -0.331 e. The highest BCUT2D eigenvalue weighted by Crippen LogP contribution is 2.39. The molecule has 0 aliphatic carbocycles. The Labute approximate surface area is 159 Å². The van der Waals surface area contributed by atoms with Gasteiger partial charge >= 0.3 is 6.18 Å². The van der Waals surface area contributed by atoms with E-state index in [9.17, 15) is 18.0 Å². The Morgan fingerprint density at radius 2 is 1.96 bits per heavy atom. The molecule has 3 aromatic rings. The summed E-state index contributed by atoms with van der Waals surface area (Å²) in [7, 11) is 0. The zero-order valence-electron chi connectivity index (χ0n) is 15.4. The lowest BCUT2D eigenvalue weighted by atomic mass is 9.94. The predicted molar refractivity (Wildman–Crippen MR) is 97.6 cm³/mol. The van der Waals surface area contributed by atoms with E-state index >= 15 is 0 Å². The number of H-pyrrole nitrogens is 1. The maximum absolute atomic E-state index is 13.2. The molecule has 0 spiro atoms. The van der Waals surface area contributed by atoms with Crippen molar-refractivity contribution < 1.29 is 18.0 Å². The van der Waals surface area contributed by atoms with Crippen LogP contribution in [0.15, 0.2) is 36.5 Å². The summed E-state index contributed by atoms with van der Waals surface area (Å²) in [6, 6.07) is 6.58. The highest BCUT2D eigenvalue weighted by molar-refractivity contribution is 5.97. The molecule has 0 radical (unpaired) electrons. The quantitative estimate of drug-likeness (QED) is 0.703. The van der Waals surface area contributed by atoms with Gasteiger partial charge in [-0.2, -0.15) is 18.3 Å². The number of rotatable bonds is 2. The number of amides is 1. The molecule has 2 atom stereocenters. The number of carbonyl (C=O) groups excluding carboxylic acids is 1. The highest BCUT2D eigenvalue weighted by Gasteiger charge is 2.37. The molecule has 0 bridgehead atoms. The summed E-state index contributed by atoms with van der Waals surface area (Å²) in [5, 5.41) is 7.68. The average Bonchev–Trinajstić information content (AvgIpc) is 3.23. The van der Waals surface area contributed by atoms with Crippen LogP contribution in [0.5, 0.6) is 0 Å². The normalized spacial score (nSPS) is 20.1. The first-order valence-corrected chi connectivity index (χ1v) is 9.04. The third-order valence-corrected chi connectivity index (χ3v) is 5.39. The maximum atomic E-state index is 13.2. The smallest absolute Gasteiger partial charge is 0.331 e. The molecular weight excluding hydrogens is 369 g/mol. The zero-order chi connectivity index (χ0) is 20.1. The first-order chi connectivity index (χ1) is 13.3. The zero-order valence-corrected chi connectivity index (χ0v) is 15.4. The molecule has 1 aliphatic heterocycles. The molecule has 1 aromatic carbocycles. The molecule has 4 rings (SSSR count). The van der Waals surface area contributed by atoms with Gasteiger partial charge in [0.25, 0.3) is 5.91 Å². The molecule has 28 heavy (non-hydrogen) atoms. The van der Waals surface area contributed by atoms with Crippen LogP contribution in [0.3, 0.4) is 0 Å². The fraction of sp³-hybridized carbons (Fsp3) is 0.350. The van der Waals surface area contributed by atoms with Crippen molar-refractivity contribution in [1.82, 2.24) is 20.1 Å². The molecule has 1 saturated heterocycles. The number of pyridine rings is 1. The number of hydrogen-bond donors (Lipinski definition) is 1. The second-order valence-electron chi connectivity index (χ2n) is 7.26. The van der Waals surface area contributed by atoms with Crippen molar-refractivity contribution in [2.45, 2.75) is 32.5 Å². The molecule has 5 nitrogen and oxygen atoms in total. The summed E-state index contributed by atoms with van der Waals surface area (Å²) in [6.07, 6.45) is -2.08. The summed E-state index contributed by atoms with van der Waals surface area (Å²) in [5.74, 6) is -0.0303. The SMILES string of the molecule is Cc1n[nH]c2ncc(C(=O)N3CC[C@H](C)[C@H]3c3ccc(C(F)(F)F)cc3)cc12. The van der Waals surface area contributed by atoms with Crippen LogP contribution in [-0.4, -0.2) is 32.5 Å². The van der Waals surface area contributed by atoms with Crippen molar-refractivity contribution in [3.63, 3.8) is 0 Å². The van der Waals surface area contributed by atoms with Gasteiger partial charge in [-0.15, -0.1) is 0 Å². The van der Waals surface area contributed by atoms with Crippen molar-refractivity contribution in [3.8, 4) is 0 Å². The van der Waals surface area contributed by atoms with Gasteiger partial charge in [0.2, 0.25) is 0 Å². The molecule has 1 amide bonds. The van der Waals surface area contributed by atoms with Crippen LogP contribution in [0.2, 0.25) is 0 Å². The van der Waals surface area contributed by atoms with Gasteiger partial charge in [0.05, 0.1) is 22.9 Å². The van der Waals surface area contributed by atoms with E-state index in [1.807, 2.05) is 13.8 Å². The van der Waals surface area contributed by atoms with E-state index in [1.54, 1.807) is 11.0 Å². The summed E-state index contributed by atoms with van der Waals surface area (Å²) in [6.45, 7) is 4.39. The third kappa shape index (κ3) is 3.12. The lowest BCUT2D eigenvalue weighted by Gasteiger charge is -2.28. The second kappa shape index (κ2) is 6.61. The molecule has 1 fully saturated rings. The number of aromatic amines is 1. The van der Waals surface area contributed by atoms with Gasteiger partial charge in [0, 0.05) is 18.1 Å². The number of fused-ring (bicyclic) bond motifs is 1. The van der Waals surface area contributed by atoms with E-state index in [0.29, 0.717) is 23.3 Å². The largest absolute Gasteiger partial charge is 0.416 e. The molecule has 1 aliphatic rings. The van der Waals surface area contributed by atoms with Gasteiger partial charge in [-0.25, -0.2) is 4.98 Å². The van der Waals surface area contributed by atoms with Crippen molar-refractivity contribution in [2.75, 3.05) is 6.54 Å². The van der Waals surface area contributed by atoms with E-state index in [1.165, 1.54) is 18.3 Å². The van der Waals surface area contributed by atoms with E-state index < -0.39 is 11.7 Å². The molecule has 8 heteroatoms. The summed E-state index contributed by atoms with van der Waals surface area (Å²) in [4.78, 5) is 19.1. The summed E-state index contributed by atoms with van der Waals surface area (Å²) in [5.41, 5.74) is 1.84. The van der Waals surface area contributed by atoms with Crippen molar-refractivity contribution in [1.29, 1.82) is 0 Å². The number of nitrogens with zero attached hydrogens (tertiary/aromatic N) is 3. The van der Waals surface area contributed by atoms with Gasteiger partial charge in [-0.05, 0) is 43.0 Å². The molecule has 146 valence electrons. The number of likely N-dealkylation sites (tertiary alicyclic amines) is 1. The topological polar surface area (TPSA) is 61.9 Å². The first-order valence-electron chi connectivity index (χ1n) is 9.04. The second-order valence-corrected chi connectivity index (χ2v) is 7.26. The predicted octanol–water partition coefficient (Wildman–Crippen LogP) is 4.51. The number of halogens is 3. The van der Waals surface area contributed by atoms with Gasteiger partial charge in [-0.3, -0.25) is 9.89 Å². The van der Waals surface area contributed by atoms with Crippen LogP contribution in [0.4, 0.5) is 13.2 Å². The van der Waals surface area contributed by atoms with Crippen LogP contribution in [0.25, 0.3) is 11.0 Å². The number of hydrogen-bond acceptors (Lipinski definition) is 3. The minimum absolute atomic E-state index is 0.146. The Hall–Kier alpha value is -2.90. The number of nitrogens with one attached hydrogen (secondary N) is 1. The molecule has 0 unspecified atom stereocenters. The van der Waals surface area contributed by atoms with Crippen LogP contribution in [-0.2, 0) is 6.18 Å². The first kappa shape index (κ1) is 18.5. The fourth-order valence-electron chi connectivity index (χ4n) is 3.86. The van der Waals surface area contributed by atoms with Crippen molar-refractivity contribution >= 4 is 16.9 Å². The molecule has 1 N–H and O–H groups in total. The highest BCUT2D eigenvalue weighted by atomic mass is 19.4. The van der Waals surface area contributed by atoms with Gasteiger partial charge in [-0.1, -0.05) is 19.1 Å². The molecule has 2 aromatic heterocycles. The third-order valence-electron chi connectivity index (χ3n) is 5.39. The van der Waals surface area contributed by atoms with E-state index in [-0.39, 0.29) is 17.9 Å². The lowest BCUT2D eigenvalue weighted by Crippen LogP contribution is -2.32. The van der Waals surface area contributed by atoms with Gasteiger partial charge < -0.3 is 4.90 Å². The maximum Gasteiger partial charge on any atom is 0.416 e. The number of carbonyl (C=O) groups is 1. The van der Waals surface area contributed by atoms with E-state index in [0.717, 1.165) is 29.6 Å². The number of benzene rings is 1. The summed E-state index contributed by atoms with van der Waals surface area (Å²) >= 11 is 0. The lowest BCUT2D eigenvalue weighted by molar-refractivity contribution is -0.137. The Bertz CT molecular complexity index is 1030. The molecule has 3 heterocycles. The van der Waals surface area contributed by atoms with Crippen LogP contribution in [0, 0.1) is 12.8 Å². The van der Waals surface area contributed by atoms with Crippen LogP contribution in [0.1, 0.15) is 46.6 Å². The molecule has 0 saturated carbocycles. The van der Waals surface area contributed by atoms with Crippen LogP contribution >= 0.6 is 0 Å². The Balaban J connectivity index is 1.65. The molecular formula is C20H19F3N4O. The Morgan fingerprint density at radius 1 is 1.25 bits per heavy atom. The van der Waals surface area contributed by atoms with Crippen molar-refractivity contribution in [3.05, 3.63) is 58.9 Å². The Kier molecular flexibility index (Phi) is 4.36. The Morgan fingerprint density at radius 3 is 2.64 bits per heavy atom. The minimum atomic E-state index is -4.38. The number of aryl methyl sites for hydroxylation is 1. The number of alkyl halides is 3. The van der Waals surface area contributed by atoms with Crippen LogP contribution < -0.4 is 0 Å². The van der Waals surface area contributed by atoms with E-state index in [4.69, 9.17) is 0 Å². The van der Waals surface area contributed by atoms with E-state index in [2.05, 4.69) is 15.2 Å². The van der Waals surface area contributed by atoms with Gasteiger partial charge in [0.1, 0.15) is 0 Å². The standard InChI is InChI=1S/C20H19F3N4O/c1-11-7-8-27(17(11)13-3-5-15(6-4-13)20(21,22)23)19(28)14-9-16-12(2)25-26-18(16)24-10-14/h3-6,9-11,17H,7-8H2,1-2H3,(H,24,25,26)/t11-,17-/m0/s1. The number of aromatic nitrogens is 3. The van der Waals surface area contributed by atoms with Gasteiger partial charge in [0.15, 0.2) is 5.65 Å². The summed E-state index contributed by atoms with van der Waals surface area (Å²) < 4.78 is 38.6.